The Balaban J connectivity index is 1.60. The number of benzene rings is 2. The van der Waals surface area contributed by atoms with Gasteiger partial charge in [-0.3, -0.25) is 9.69 Å². The third-order valence-electron chi connectivity index (χ3n) is 7.88. The highest BCUT2D eigenvalue weighted by molar-refractivity contribution is 7.89. The van der Waals surface area contributed by atoms with Crippen molar-refractivity contribution >= 4 is 38.1 Å². The highest BCUT2D eigenvalue weighted by atomic mass is 32.2. The van der Waals surface area contributed by atoms with Crippen molar-refractivity contribution in [2.75, 3.05) is 13.1 Å². The Labute approximate surface area is 271 Å². The molecule has 0 unspecified atom stereocenters. The van der Waals surface area contributed by atoms with E-state index >= 15 is 0 Å². The number of carbonyl (C=O) groups is 1. The molecule has 2 aromatic heterocycles. The van der Waals surface area contributed by atoms with E-state index in [-0.39, 0.29) is 52.9 Å². The maximum atomic E-state index is 14.3. The van der Waals surface area contributed by atoms with Gasteiger partial charge in [-0.1, -0.05) is 37.3 Å². The molecule has 2 N–H and O–H groups in total. The summed E-state index contributed by atoms with van der Waals surface area (Å²) in [6.07, 6.45) is -5.34. The van der Waals surface area contributed by atoms with Crippen LogP contribution in [0.15, 0.2) is 45.7 Å². The van der Waals surface area contributed by atoms with Crippen LogP contribution in [-0.4, -0.2) is 70.8 Å². The summed E-state index contributed by atoms with van der Waals surface area (Å²) in [6.45, 7) is 4.14. The Morgan fingerprint density at radius 1 is 1.15 bits per heavy atom. The van der Waals surface area contributed by atoms with Gasteiger partial charge in [0, 0.05) is 30.3 Å². The minimum Gasteiger partial charge on any atom is -0.481 e. The van der Waals surface area contributed by atoms with E-state index in [1.807, 2.05) is 0 Å². The lowest BCUT2D eigenvalue weighted by Gasteiger charge is -2.32. The zero-order valence-corrected chi connectivity index (χ0v) is 27.2. The maximum absolute atomic E-state index is 14.3. The predicted molar refractivity (Wildman–Crippen MR) is 163 cm³/mol. The molecule has 5 rings (SSSR count). The number of carboxylic acids is 1. The highest BCUT2D eigenvalue weighted by Gasteiger charge is 2.41. The molecule has 17 heteroatoms. The maximum Gasteiger partial charge on any atom is 0.404 e. The topological polar surface area (TPSA) is 139 Å². The lowest BCUT2D eigenvalue weighted by Crippen LogP contribution is -2.44. The number of hydrogen-bond acceptors (Lipinski definition) is 9. The average molecular weight is 702 g/mol. The summed E-state index contributed by atoms with van der Waals surface area (Å²) in [7, 11) is -4.63. The lowest BCUT2D eigenvalue weighted by atomic mass is 9.90. The van der Waals surface area contributed by atoms with Crippen molar-refractivity contribution in [2.45, 2.75) is 76.0 Å². The van der Waals surface area contributed by atoms with Gasteiger partial charge in [-0.2, -0.15) is 17.9 Å². The van der Waals surface area contributed by atoms with Gasteiger partial charge in [0.25, 0.3) is 11.8 Å². The summed E-state index contributed by atoms with van der Waals surface area (Å²) >= 11 is 1.09. The van der Waals surface area contributed by atoms with E-state index in [0.29, 0.717) is 28.1 Å². The Morgan fingerprint density at radius 3 is 2.49 bits per heavy atom. The third-order valence-corrected chi connectivity index (χ3v) is 10.5. The minimum atomic E-state index is -4.80. The zero-order valence-electron chi connectivity index (χ0n) is 25.6. The number of halogens is 5. The van der Waals surface area contributed by atoms with Crippen molar-refractivity contribution in [2.24, 2.45) is 5.41 Å². The molecule has 0 aliphatic carbocycles. The molecule has 2 aromatic carbocycles. The molecule has 3 heterocycles. The number of sulfonamides is 1. The van der Waals surface area contributed by atoms with Crippen LogP contribution in [0.5, 0.6) is 0 Å². The molecule has 4 aromatic rings. The van der Waals surface area contributed by atoms with E-state index in [2.05, 4.69) is 15.2 Å². The molecule has 0 radical (unpaired) electrons. The fourth-order valence-electron chi connectivity index (χ4n) is 5.36. The number of aromatic nitrogens is 3. The first kappa shape index (κ1) is 34.8. The summed E-state index contributed by atoms with van der Waals surface area (Å²) in [5.74, 6) is -3.92. The van der Waals surface area contributed by atoms with Crippen molar-refractivity contribution in [1.82, 2.24) is 24.8 Å². The fourth-order valence-corrected chi connectivity index (χ4v) is 7.91. The van der Waals surface area contributed by atoms with Crippen molar-refractivity contribution in [1.29, 1.82) is 0 Å². The summed E-state index contributed by atoms with van der Waals surface area (Å²) in [6, 6.07) is 6.65. The van der Waals surface area contributed by atoms with Crippen LogP contribution in [-0.2, 0) is 27.8 Å². The molecule has 254 valence electrons. The molecule has 0 amide bonds. The number of thiazole rings is 1. The van der Waals surface area contributed by atoms with E-state index in [9.17, 15) is 40.3 Å². The quantitative estimate of drug-likeness (QED) is 0.168. The lowest BCUT2D eigenvalue weighted by molar-refractivity contribution is -0.151. The number of hydrogen-bond donors (Lipinski definition) is 2. The number of fused-ring (bicyclic) bond motifs is 1. The molecule has 10 nitrogen and oxygen atoms in total. The summed E-state index contributed by atoms with van der Waals surface area (Å²) in [4.78, 5) is 17.9. The molecular formula is C30H32F5N5O5S2. The van der Waals surface area contributed by atoms with Crippen LogP contribution in [0.3, 0.4) is 0 Å². The minimum absolute atomic E-state index is 0.00809. The van der Waals surface area contributed by atoms with E-state index in [1.165, 1.54) is 39.0 Å². The molecule has 1 saturated heterocycles. The molecule has 1 aliphatic rings. The highest BCUT2D eigenvalue weighted by Crippen LogP contribution is 2.41. The third kappa shape index (κ3) is 7.63. The largest absolute Gasteiger partial charge is 0.481 e. The van der Waals surface area contributed by atoms with Crippen LogP contribution >= 0.6 is 11.3 Å². The van der Waals surface area contributed by atoms with Crippen LogP contribution in [0, 0.1) is 5.41 Å². The molecule has 47 heavy (non-hydrogen) atoms. The van der Waals surface area contributed by atoms with Gasteiger partial charge < -0.3 is 9.52 Å². The number of likely N-dealkylation sites (tertiary alicyclic amines) is 1. The molecule has 1 aliphatic heterocycles. The summed E-state index contributed by atoms with van der Waals surface area (Å²) < 4.78 is 103. The van der Waals surface area contributed by atoms with E-state index in [0.717, 1.165) is 11.3 Å². The second-order valence-electron chi connectivity index (χ2n) is 12.1. The van der Waals surface area contributed by atoms with Gasteiger partial charge in [0.05, 0.1) is 27.4 Å². The molecule has 0 spiro atoms. The summed E-state index contributed by atoms with van der Waals surface area (Å²) in [5.41, 5.74) is -0.359. The normalized spacial score (nSPS) is 16.9. The van der Waals surface area contributed by atoms with E-state index in [4.69, 9.17) is 4.42 Å². The van der Waals surface area contributed by atoms with Crippen LogP contribution in [0.1, 0.15) is 51.6 Å². The average Bonchev–Trinajstić information content (AvgIpc) is 3.61. The Hall–Kier alpha value is -3.54. The summed E-state index contributed by atoms with van der Waals surface area (Å²) in [5, 5.41) is 18.2. The smallest absolute Gasteiger partial charge is 0.404 e. The van der Waals surface area contributed by atoms with Crippen molar-refractivity contribution in [3.8, 4) is 21.3 Å². The Morgan fingerprint density at radius 2 is 1.85 bits per heavy atom. The molecule has 1 fully saturated rings. The first-order valence-corrected chi connectivity index (χ1v) is 17.0. The zero-order chi connectivity index (χ0) is 34.4. The Kier molecular flexibility index (Phi) is 9.49. The van der Waals surface area contributed by atoms with Crippen molar-refractivity contribution in [3.05, 3.63) is 48.0 Å². The van der Waals surface area contributed by atoms with E-state index in [1.54, 1.807) is 27.8 Å². The van der Waals surface area contributed by atoms with Crippen LogP contribution < -0.4 is 4.72 Å². The number of piperidine rings is 1. The Bertz CT molecular complexity index is 1890. The van der Waals surface area contributed by atoms with Gasteiger partial charge in [-0.05, 0) is 44.7 Å². The molecular weight excluding hydrogens is 669 g/mol. The second kappa shape index (κ2) is 12.8. The molecule has 1 atom stereocenters. The SMILES string of the molecule is CC[C@H](NS(=O)(=O)c1ccc(-c2sc(-c3nnc(CC(C)(C)C(=O)O)o3)nc2CN2CCCC(F)(F)C2)c2ccccc12)C(F)(F)F. The first-order valence-electron chi connectivity index (χ1n) is 14.7. The first-order chi connectivity index (χ1) is 21.9. The molecule has 0 bridgehead atoms. The van der Waals surface area contributed by atoms with Crippen LogP contribution in [0.4, 0.5) is 22.0 Å². The second-order valence-corrected chi connectivity index (χ2v) is 14.8. The van der Waals surface area contributed by atoms with Crippen LogP contribution in [0.25, 0.3) is 32.1 Å². The van der Waals surface area contributed by atoms with Gasteiger partial charge in [0.15, 0.2) is 5.01 Å². The number of alkyl halides is 5. The number of carboxylic acid groups (broad SMARTS) is 1. The predicted octanol–water partition coefficient (Wildman–Crippen LogP) is 6.52. The fraction of sp³-hybridized carbons (Fsp3) is 0.467. The van der Waals surface area contributed by atoms with Gasteiger partial charge >= 0.3 is 12.1 Å². The number of aliphatic carboxylic acids is 1. The van der Waals surface area contributed by atoms with Crippen LogP contribution in [0.2, 0.25) is 0 Å². The van der Waals surface area contributed by atoms with Gasteiger partial charge in [0.2, 0.25) is 15.9 Å². The number of nitrogens with zero attached hydrogens (tertiary/aromatic N) is 4. The van der Waals surface area contributed by atoms with Gasteiger partial charge in [-0.25, -0.2) is 22.2 Å². The number of rotatable bonds is 11. The van der Waals surface area contributed by atoms with Crippen molar-refractivity contribution in [3.63, 3.8) is 0 Å². The standard InChI is InChI=1S/C30H32F5N5O5S2/c1-4-22(30(33,34)35)39-47(43,44)21-11-10-19(17-8-5-6-9-18(17)21)24-20(15-40-13-7-12-29(31,32)16-40)36-26(46-24)25-38-37-23(45-25)14-28(2,3)27(41)42/h5-6,8-11,22,39H,4,7,12-16H2,1-3H3,(H,41,42)/t22-/m0/s1. The van der Waals surface area contributed by atoms with Gasteiger partial charge in [-0.15, -0.1) is 21.5 Å². The van der Waals surface area contributed by atoms with Crippen molar-refractivity contribution < 1.29 is 44.7 Å². The monoisotopic (exact) mass is 701 g/mol. The van der Waals surface area contributed by atoms with Gasteiger partial charge in [0.1, 0.15) is 6.04 Å². The number of nitrogens with one attached hydrogen (secondary N) is 1. The molecule has 0 saturated carbocycles. The van der Waals surface area contributed by atoms with E-state index < -0.39 is 52.5 Å².